The Labute approximate surface area is 94.4 Å². The Morgan fingerprint density at radius 3 is 2.75 bits per heavy atom. The fourth-order valence-electron chi connectivity index (χ4n) is 1.76. The molecule has 1 atom stereocenters. The molecular formula is C11H16N4O. The van der Waals surface area contributed by atoms with Crippen LogP contribution in [0, 0.1) is 0 Å². The molecule has 0 bridgehead atoms. The van der Waals surface area contributed by atoms with Gasteiger partial charge in [-0.25, -0.2) is 4.98 Å². The van der Waals surface area contributed by atoms with Gasteiger partial charge in [-0.3, -0.25) is 4.68 Å². The molecule has 5 heteroatoms. The highest BCUT2D eigenvalue weighted by molar-refractivity contribution is 5.04. The van der Waals surface area contributed by atoms with Crippen molar-refractivity contribution in [2.45, 2.75) is 18.9 Å². The number of hydrogen-bond acceptors (Lipinski definition) is 3. The van der Waals surface area contributed by atoms with Crippen molar-refractivity contribution < 1.29 is 5.11 Å². The molecular weight excluding hydrogens is 204 g/mol. The third-order valence-corrected chi connectivity index (χ3v) is 2.76. The molecule has 0 aliphatic heterocycles. The molecule has 1 unspecified atom stereocenters. The second-order valence-electron chi connectivity index (χ2n) is 3.89. The summed E-state index contributed by atoms with van der Waals surface area (Å²) in [7, 11) is 3.79. The van der Waals surface area contributed by atoms with Crippen molar-refractivity contribution in [2.24, 2.45) is 14.1 Å². The van der Waals surface area contributed by atoms with Crippen molar-refractivity contribution in [3.8, 4) is 0 Å². The molecule has 2 heterocycles. The van der Waals surface area contributed by atoms with Crippen molar-refractivity contribution in [1.29, 1.82) is 0 Å². The molecule has 0 radical (unpaired) electrons. The zero-order chi connectivity index (χ0) is 11.5. The fraction of sp³-hybridized carbons (Fsp3) is 0.455. The first kappa shape index (κ1) is 10.9. The van der Waals surface area contributed by atoms with Crippen molar-refractivity contribution in [3.63, 3.8) is 0 Å². The monoisotopic (exact) mass is 220 g/mol. The van der Waals surface area contributed by atoms with Crippen molar-refractivity contribution in [2.75, 3.05) is 0 Å². The second-order valence-corrected chi connectivity index (χ2v) is 3.89. The molecule has 2 rings (SSSR count). The molecule has 5 nitrogen and oxygen atoms in total. The van der Waals surface area contributed by atoms with Gasteiger partial charge in [0.2, 0.25) is 0 Å². The van der Waals surface area contributed by atoms with Crippen molar-refractivity contribution in [3.05, 3.63) is 36.2 Å². The maximum Gasteiger partial charge on any atom is 0.108 e. The van der Waals surface area contributed by atoms with Gasteiger partial charge in [0.25, 0.3) is 0 Å². The SMILES string of the molecule is Cn1ccnc1CCC(O)c1ccnn1C. The quantitative estimate of drug-likeness (QED) is 0.830. The molecule has 0 aliphatic carbocycles. The highest BCUT2D eigenvalue weighted by atomic mass is 16.3. The van der Waals surface area contributed by atoms with E-state index < -0.39 is 6.10 Å². The van der Waals surface area contributed by atoms with Crippen LogP contribution in [-0.4, -0.2) is 24.4 Å². The van der Waals surface area contributed by atoms with Crippen molar-refractivity contribution in [1.82, 2.24) is 19.3 Å². The molecule has 0 saturated heterocycles. The van der Waals surface area contributed by atoms with Gasteiger partial charge in [-0.1, -0.05) is 0 Å². The van der Waals surface area contributed by atoms with Crippen LogP contribution in [0.5, 0.6) is 0 Å². The summed E-state index contributed by atoms with van der Waals surface area (Å²) in [6, 6.07) is 1.84. The lowest BCUT2D eigenvalue weighted by Crippen LogP contribution is -2.08. The number of imidazole rings is 1. The highest BCUT2D eigenvalue weighted by Gasteiger charge is 2.12. The number of rotatable bonds is 4. The van der Waals surface area contributed by atoms with Crippen LogP contribution in [0.25, 0.3) is 0 Å². The van der Waals surface area contributed by atoms with Crippen LogP contribution in [0.4, 0.5) is 0 Å². The topological polar surface area (TPSA) is 55.9 Å². The van der Waals surface area contributed by atoms with Gasteiger partial charge in [0, 0.05) is 39.1 Å². The summed E-state index contributed by atoms with van der Waals surface area (Å²) >= 11 is 0. The molecule has 16 heavy (non-hydrogen) atoms. The van der Waals surface area contributed by atoms with E-state index in [1.54, 1.807) is 17.1 Å². The smallest absolute Gasteiger partial charge is 0.108 e. The molecule has 0 fully saturated rings. The molecule has 1 N–H and O–H groups in total. The lowest BCUT2D eigenvalue weighted by atomic mass is 10.1. The largest absolute Gasteiger partial charge is 0.387 e. The molecule has 0 aromatic carbocycles. The predicted octanol–water partition coefficient (Wildman–Crippen LogP) is 0.820. The Morgan fingerprint density at radius 2 is 2.19 bits per heavy atom. The van der Waals surface area contributed by atoms with Gasteiger partial charge >= 0.3 is 0 Å². The molecule has 2 aromatic rings. The van der Waals surface area contributed by atoms with Crippen LogP contribution in [0.3, 0.4) is 0 Å². The Balaban J connectivity index is 1.97. The third-order valence-electron chi connectivity index (χ3n) is 2.76. The Morgan fingerprint density at radius 1 is 1.38 bits per heavy atom. The van der Waals surface area contributed by atoms with E-state index >= 15 is 0 Å². The summed E-state index contributed by atoms with van der Waals surface area (Å²) in [5.74, 6) is 0.987. The van der Waals surface area contributed by atoms with Gasteiger partial charge in [-0.15, -0.1) is 0 Å². The molecule has 2 aromatic heterocycles. The van der Waals surface area contributed by atoms with E-state index in [1.807, 2.05) is 30.9 Å². The van der Waals surface area contributed by atoms with E-state index in [1.165, 1.54) is 0 Å². The zero-order valence-corrected chi connectivity index (χ0v) is 9.54. The number of aliphatic hydroxyl groups excluding tert-OH is 1. The summed E-state index contributed by atoms with van der Waals surface area (Å²) in [5, 5.41) is 14.0. The van der Waals surface area contributed by atoms with E-state index in [9.17, 15) is 5.11 Å². The summed E-state index contributed by atoms with van der Waals surface area (Å²) in [5.41, 5.74) is 0.842. The van der Waals surface area contributed by atoms with Crippen LogP contribution in [0.2, 0.25) is 0 Å². The maximum atomic E-state index is 9.98. The average molecular weight is 220 g/mol. The Kier molecular flexibility index (Phi) is 3.05. The van der Waals surface area contributed by atoms with E-state index in [4.69, 9.17) is 0 Å². The summed E-state index contributed by atoms with van der Waals surface area (Å²) in [6.07, 6.45) is 6.31. The lowest BCUT2D eigenvalue weighted by molar-refractivity contribution is 0.157. The van der Waals surface area contributed by atoms with Gasteiger partial charge in [0.15, 0.2) is 0 Å². The van der Waals surface area contributed by atoms with E-state index in [0.29, 0.717) is 6.42 Å². The van der Waals surface area contributed by atoms with E-state index in [0.717, 1.165) is 17.9 Å². The van der Waals surface area contributed by atoms with Crippen LogP contribution < -0.4 is 0 Å². The first-order valence-electron chi connectivity index (χ1n) is 5.30. The number of hydrogen-bond donors (Lipinski definition) is 1. The highest BCUT2D eigenvalue weighted by Crippen LogP contribution is 2.17. The maximum absolute atomic E-state index is 9.98. The van der Waals surface area contributed by atoms with Crippen molar-refractivity contribution >= 4 is 0 Å². The minimum atomic E-state index is -0.482. The number of aliphatic hydroxyl groups is 1. The van der Waals surface area contributed by atoms with Gasteiger partial charge in [0.05, 0.1) is 11.8 Å². The first-order valence-corrected chi connectivity index (χ1v) is 5.30. The van der Waals surface area contributed by atoms with E-state index in [-0.39, 0.29) is 0 Å². The van der Waals surface area contributed by atoms with Crippen LogP contribution in [0.15, 0.2) is 24.7 Å². The summed E-state index contributed by atoms with van der Waals surface area (Å²) in [6.45, 7) is 0. The van der Waals surface area contributed by atoms with Gasteiger partial charge < -0.3 is 9.67 Å². The minimum absolute atomic E-state index is 0.482. The molecule has 86 valence electrons. The van der Waals surface area contributed by atoms with Crippen LogP contribution >= 0.6 is 0 Å². The van der Waals surface area contributed by atoms with E-state index in [2.05, 4.69) is 10.1 Å². The average Bonchev–Trinajstić information content (AvgIpc) is 2.84. The number of aromatic nitrogens is 4. The summed E-state index contributed by atoms with van der Waals surface area (Å²) in [4.78, 5) is 4.22. The third kappa shape index (κ3) is 2.14. The lowest BCUT2D eigenvalue weighted by Gasteiger charge is -2.10. The Hall–Kier alpha value is -1.62. The first-order chi connectivity index (χ1) is 7.68. The van der Waals surface area contributed by atoms with Gasteiger partial charge in [-0.2, -0.15) is 5.10 Å². The van der Waals surface area contributed by atoms with Crippen LogP contribution in [0.1, 0.15) is 24.0 Å². The Bertz CT molecular complexity index is 460. The zero-order valence-electron chi connectivity index (χ0n) is 9.54. The molecule has 0 amide bonds. The standard InChI is InChI=1S/C11H16N4O/c1-14-8-7-12-11(14)4-3-10(16)9-5-6-13-15(9)2/h5-8,10,16H,3-4H2,1-2H3. The minimum Gasteiger partial charge on any atom is -0.387 e. The fourth-order valence-corrected chi connectivity index (χ4v) is 1.76. The molecule has 0 saturated carbocycles. The number of nitrogens with zero attached hydrogens (tertiary/aromatic N) is 4. The second kappa shape index (κ2) is 4.49. The normalized spacial score (nSPS) is 12.9. The van der Waals surface area contributed by atoms with Gasteiger partial charge in [0.1, 0.15) is 5.82 Å². The number of aryl methyl sites for hydroxylation is 3. The summed E-state index contributed by atoms with van der Waals surface area (Å²) < 4.78 is 3.67. The molecule has 0 spiro atoms. The molecule has 0 aliphatic rings. The van der Waals surface area contributed by atoms with Gasteiger partial charge in [-0.05, 0) is 12.5 Å². The predicted molar refractivity (Wildman–Crippen MR) is 59.7 cm³/mol. The van der Waals surface area contributed by atoms with Crippen LogP contribution in [-0.2, 0) is 20.5 Å².